The zero-order valence-electron chi connectivity index (χ0n) is 16.4. The van der Waals surface area contributed by atoms with Crippen molar-refractivity contribution in [1.29, 1.82) is 0 Å². The molecule has 0 radical (unpaired) electrons. The maximum atomic E-state index is 12.2. The predicted octanol–water partition coefficient (Wildman–Crippen LogP) is 2.76. The number of aromatic nitrogens is 1. The molecule has 4 heterocycles. The fraction of sp³-hybridized carbons (Fsp3) is 0.400. The van der Waals surface area contributed by atoms with Gasteiger partial charge >= 0.3 is 6.09 Å². The van der Waals surface area contributed by atoms with Gasteiger partial charge < -0.3 is 15.0 Å². The highest BCUT2D eigenvalue weighted by Gasteiger charge is 2.43. The van der Waals surface area contributed by atoms with Crippen LogP contribution in [0.15, 0.2) is 30.6 Å². The lowest BCUT2D eigenvalue weighted by Gasteiger charge is -2.39. The Morgan fingerprint density at radius 1 is 1.23 bits per heavy atom. The van der Waals surface area contributed by atoms with Crippen LogP contribution in [0.5, 0.6) is 0 Å². The number of alkyl carbamates (subject to hydrolysis) is 1. The lowest BCUT2D eigenvalue weighted by atomic mass is 9.90. The number of piperidine rings is 1. The summed E-state index contributed by atoms with van der Waals surface area (Å²) in [7, 11) is -1.73. The second-order valence-electron chi connectivity index (χ2n) is 8.00. The van der Waals surface area contributed by atoms with Crippen molar-refractivity contribution < 1.29 is 17.9 Å². The van der Waals surface area contributed by atoms with Crippen LogP contribution in [0.4, 0.5) is 16.2 Å². The molecule has 1 aromatic carbocycles. The summed E-state index contributed by atoms with van der Waals surface area (Å²) >= 11 is 6.57. The third kappa shape index (κ3) is 3.07. The van der Waals surface area contributed by atoms with E-state index in [0.717, 1.165) is 22.4 Å². The van der Waals surface area contributed by atoms with Crippen molar-refractivity contribution in [3.63, 3.8) is 0 Å². The number of hydrogen-bond acceptors (Lipinski definition) is 6. The summed E-state index contributed by atoms with van der Waals surface area (Å²) in [6.07, 6.45) is 4.43. The molecule has 1 N–H and O–H groups in total. The second kappa shape index (κ2) is 6.75. The molecule has 2 saturated heterocycles. The summed E-state index contributed by atoms with van der Waals surface area (Å²) in [6.45, 7) is 1.91. The van der Waals surface area contributed by atoms with Crippen LogP contribution in [0, 0.1) is 0 Å². The van der Waals surface area contributed by atoms with Gasteiger partial charge in [-0.25, -0.2) is 13.2 Å². The minimum Gasteiger partial charge on any atom is -0.441 e. The van der Waals surface area contributed by atoms with Crippen molar-refractivity contribution in [2.75, 3.05) is 35.9 Å². The summed E-state index contributed by atoms with van der Waals surface area (Å²) in [5, 5.41) is 3.29. The first-order valence-corrected chi connectivity index (χ1v) is 11.7. The van der Waals surface area contributed by atoms with E-state index in [2.05, 4.69) is 15.2 Å². The molecular formula is C20H21ClN4O4S. The number of nitrogens with zero attached hydrogens (tertiary/aromatic N) is 3. The van der Waals surface area contributed by atoms with Gasteiger partial charge in [0.15, 0.2) is 0 Å². The molecule has 158 valence electrons. The number of hydrogen-bond donors (Lipinski definition) is 1. The maximum absolute atomic E-state index is 12.2. The molecule has 1 aromatic heterocycles. The lowest BCUT2D eigenvalue weighted by molar-refractivity contribution is 0.0367. The van der Waals surface area contributed by atoms with E-state index in [4.69, 9.17) is 16.3 Å². The van der Waals surface area contributed by atoms with Gasteiger partial charge in [0.25, 0.3) is 0 Å². The molecule has 1 spiro atoms. The van der Waals surface area contributed by atoms with Gasteiger partial charge in [0.2, 0.25) is 10.0 Å². The Morgan fingerprint density at radius 2 is 2.00 bits per heavy atom. The van der Waals surface area contributed by atoms with E-state index in [-0.39, 0.29) is 11.8 Å². The fourth-order valence-electron chi connectivity index (χ4n) is 4.50. The summed E-state index contributed by atoms with van der Waals surface area (Å²) in [5.74, 6) is -0.0133. The van der Waals surface area contributed by atoms with Crippen LogP contribution in [-0.2, 0) is 20.5 Å². The molecule has 0 bridgehead atoms. The zero-order valence-corrected chi connectivity index (χ0v) is 18.0. The first-order chi connectivity index (χ1) is 14.3. The smallest absolute Gasteiger partial charge is 0.407 e. The molecule has 2 aromatic rings. The Labute approximate surface area is 179 Å². The molecule has 0 saturated carbocycles. The van der Waals surface area contributed by atoms with Crippen molar-refractivity contribution in [2.45, 2.75) is 24.2 Å². The van der Waals surface area contributed by atoms with E-state index < -0.39 is 15.6 Å². The number of ether oxygens (including phenoxy) is 1. The number of rotatable bonds is 2. The van der Waals surface area contributed by atoms with Crippen LogP contribution in [0.25, 0.3) is 11.1 Å². The highest BCUT2D eigenvalue weighted by atomic mass is 35.5. The molecule has 2 fully saturated rings. The van der Waals surface area contributed by atoms with Crippen molar-refractivity contribution in [3.8, 4) is 11.1 Å². The number of benzene rings is 1. The largest absolute Gasteiger partial charge is 0.441 e. The van der Waals surface area contributed by atoms with E-state index in [0.29, 0.717) is 43.2 Å². The number of sulfonamides is 1. The molecule has 5 rings (SSSR count). The van der Waals surface area contributed by atoms with E-state index in [1.165, 1.54) is 4.31 Å². The Bertz CT molecular complexity index is 1150. The molecule has 1 amide bonds. The highest BCUT2D eigenvalue weighted by Crippen LogP contribution is 2.42. The van der Waals surface area contributed by atoms with Crippen LogP contribution >= 0.6 is 11.6 Å². The summed E-state index contributed by atoms with van der Waals surface area (Å²) in [4.78, 5) is 18.0. The van der Waals surface area contributed by atoms with E-state index in [9.17, 15) is 13.2 Å². The molecule has 3 aliphatic rings. The zero-order chi connectivity index (χ0) is 21.1. The van der Waals surface area contributed by atoms with Crippen LogP contribution in [0.1, 0.15) is 18.4 Å². The van der Waals surface area contributed by atoms with E-state index >= 15 is 0 Å². The van der Waals surface area contributed by atoms with Gasteiger partial charge in [-0.3, -0.25) is 9.29 Å². The number of pyridine rings is 1. The maximum Gasteiger partial charge on any atom is 0.407 e. The number of anilines is 2. The molecule has 3 aliphatic heterocycles. The summed E-state index contributed by atoms with van der Waals surface area (Å²) < 4.78 is 31.3. The average Bonchev–Trinajstić information content (AvgIpc) is 3.18. The van der Waals surface area contributed by atoms with Crippen molar-refractivity contribution in [2.24, 2.45) is 0 Å². The number of carbonyl (C=O) groups is 1. The molecule has 10 heteroatoms. The van der Waals surface area contributed by atoms with Crippen molar-refractivity contribution >= 4 is 39.1 Å². The SMILES string of the molecule is CN1c2ccc(-c3cncc(Cl)c3N3CCC4(CC3)CNC(=O)O4)cc2CS1(=O)=O. The van der Waals surface area contributed by atoms with Crippen molar-refractivity contribution in [1.82, 2.24) is 10.3 Å². The van der Waals surface area contributed by atoms with Crippen LogP contribution in [0.2, 0.25) is 5.02 Å². The molecule has 0 atom stereocenters. The minimum absolute atomic E-state index is 0.0133. The van der Waals surface area contributed by atoms with Gasteiger partial charge in [-0.2, -0.15) is 0 Å². The van der Waals surface area contributed by atoms with Gasteiger partial charge in [-0.15, -0.1) is 0 Å². The van der Waals surface area contributed by atoms with E-state index in [1.807, 2.05) is 18.2 Å². The summed E-state index contributed by atoms with van der Waals surface area (Å²) in [5.41, 5.74) is 3.62. The third-order valence-corrected chi connectivity index (χ3v) is 8.20. The topological polar surface area (TPSA) is 91.8 Å². The number of nitrogens with one attached hydrogen (secondary N) is 1. The number of carbonyl (C=O) groups excluding carboxylic acids is 1. The Hall–Kier alpha value is -2.52. The first-order valence-electron chi connectivity index (χ1n) is 9.73. The van der Waals surface area contributed by atoms with Crippen LogP contribution in [-0.4, -0.2) is 51.8 Å². The third-order valence-electron chi connectivity index (χ3n) is 6.21. The molecular weight excluding hydrogens is 428 g/mol. The van der Waals surface area contributed by atoms with E-state index in [1.54, 1.807) is 19.4 Å². The molecule has 8 nitrogen and oxygen atoms in total. The second-order valence-corrected chi connectivity index (χ2v) is 10.4. The monoisotopic (exact) mass is 448 g/mol. The Balaban J connectivity index is 1.48. The first kappa shape index (κ1) is 19.4. The highest BCUT2D eigenvalue weighted by molar-refractivity contribution is 7.92. The summed E-state index contributed by atoms with van der Waals surface area (Å²) in [6, 6.07) is 5.64. The molecule has 0 unspecified atom stereocenters. The van der Waals surface area contributed by atoms with Gasteiger partial charge in [-0.05, 0) is 23.3 Å². The normalized spacial score (nSPS) is 21.5. The van der Waals surface area contributed by atoms with Gasteiger partial charge in [0, 0.05) is 50.9 Å². The predicted molar refractivity (Wildman–Crippen MR) is 114 cm³/mol. The fourth-order valence-corrected chi connectivity index (χ4v) is 6.07. The number of halogens is 1. The van der Waals surface area contributed by atoms with Crippen molar-refractivity contribution in [3.05, 3.63) is 41.2 Å². The number of amides is 1. The quantitative estimate of drug-likeness (QED) is 0.759. The molecule has 30 heavy (non-hydrogen) atoms. The Morgan fingerprint density at radius 3 is 2.70 bits per heavy atom. The van der Waals surface area contributed by atoms with Gasteiger partial charge in [0.1, 0.15) is 5.60 Å². The van der Waals surface area contributed by atoms with Gasteiger partial charge in [0.05, 0.1) is 28.7 Å². The van der Waals surface area contributed by atoms with Crippen LogP contribution in [0.3, 0.4) is 0 Å². The average molecular weight is 449 g/mol. The van der Waals surface area contributed by atoms with Gasteiger partial charge in [-0.1, -0.05) is 17.7 Å². The lowest BCUT2D eigenvalue weighted by Crippen LogP contribution is -2.46. The molecule has 0 aliphatic carbocycles. The number of fused-ring (bicyclic) bond motifs is 1. The van der Waals surface area contributed by atoms with Crippen LogP contribution < -0.4 is 14.5 Å². The minimum atomic E-state index is -3.31. The Kier molecular flexibility index (Phi) is 4.37. The standard InChI is InChI=1S/C20H21ClN4O4S/c1-24-17-3-2-13(8-14(17)11-30(24,27)28)15-9-22-10-16(21)18(15)25-6-4-20(5-7-25)12-23-19(26)29-20/h2-3,8-10H,4-7,11-12H2,1H3,(H,23,26).